The summed E-state index contributed by atoms with van der Waals surface area (Å²) in [4.78, 5) is 37.6. The van der Waals surface area contributed by atoms with Crippen LogP contribution in [0.15, 0.2) is 60.8 Å². The Kier molecular flexibility index (Phi) is 62.6. The Morgan fingerprint density at radius 3 is 0.964 bits per heavy atom. The third-order valence-electron chi connectivity index (χ3n) is 15.7. The molecule has 0 aliphatic rings. The Morgan fingerprint density at radius 1 is 0.361 bits per heavy atom. The van der Waals surface area contributed by atoms with Gasteiger partial charge in [0.25, 0.3) is 6.29 Å². The van der Waals surface area contributed by atoms with Gasteiger partial charge >= 0.3 is 17.9 Å². The molecule has 9 nitrogen and oxygen atoms in total. The lowest BCUT2D eigenvalue weighted by molar-refractivity contribution is -0.870. The molecule has 2 atom stereocenters. The number of allylic oxidation sites excluding steroid dienone is 10. The molecule has 83 heavy (non-hydrogen) atoms. The van der Waals surface area contributed by atoms with E-state index in [1.807, 2.05) is 21.1 Å². The fraction of sp³-hybridized carbons (Fsp3) is 0.824. The molecule has 0 radical (unpaired) electrons. The Balaban J connectivity index is 4.03. The molecular weight excluding hydrogens is 1030 g/mol. The molecule has 0 rings (SSSR count). The van der Waals surface area contributed by atoms with Gasteiger partial charge in [0, 0.05) is 12.8 Å². The first-order valence-corrected chi connectivity index (χ1v) is 35.5. The largest absolute Gasteiger partial charge is 0.477 e. The molecule has 9 heteroatoms. The number of likely N-dealkylation sites (N-methyl/N-ethyl adjacent to an activating group) is 1. The van der Waals surface area contributed by atoms with E-state index in [2.05, 4.69) is 74.6 Å². The van der Waals surface area contributed by atoms with Crippen molar-refractivity contribution in [3.8, 4) is 0 Å². The zero-order valence-corrected chi connectivity index (χ0v) is 55.4. The van der Waals surface area contributed by atoms with E-state index in [1.165, 1.54) is 250 Å². The van der Waals surface area contributed by atoms with Crippen molar-refractivity contribution in [3.63, 3.8) is 0 Å². The van der Waals surface area contributed by atoms with E-state index >= 15 is 0 Å². The number of rotatable bonds is 66. The third kappa shape index (κ3) is 66.4. The number of carbonyl (C=O) groups excluding carboxylic acids is 2. The van der Waals surface area contributed by atoms with Gasteiger partial charge < -0.3 is 28.5 Å². The number of ether oxygens (including phenoxy) is 4. The molecule has 2 unspecified atom stereocenters. The van der Waals surface area contributed by atoms with Crippen LogP contribution in [0.5, 0.6) is 0 Å². The van der Waals surface area contributed by atoms with Gasteiger partial charge in [-0.1, -0.05) is 299 Å². The van der Waals surface area contributed by atoms with E-state index in [0.717, 1.165) is 57.8 Å². The molecular formula is C74H136NO8+. The van der Waals surface area contributed by atoms with Crippen molar-refractivity contribution in [2.75, 3.05) is 47.5 Å². The van der Waals surface area contributed by atoms with Gasteiger partial charge in [-0.3, -0.25) is 9.59 Å². The van der Waals surface area contributed by atoms with Crippen molar-refractivity contribution in [2.24, 2.45) is 0 Å². The van der Waals surface area contributed by atoms with E-state index in [9.17, 15) is 19.5 Å². The topological polar surface area (TPSA) is 108 Å². The van der Waals surface area contributed by atoms with Gasteiger partial charge in [-0.25, -0.2) is 4.79 Å². The van der Waals surface area contributed by atoms with Crippen LogP contribution in [0, 0.1) is 0 Å². The number of nitrogens with zero attached hydrogens (tertiary/aromatic N) is 1. The molecule has 0 spiro atoms. The van der Waals surface area contributed by atoms with Crippen LogP contribution < -0.4 is 0 Å². The van der Waals surface area contributed by atoms with Crippen LogP contribution >= 0.6 is 0 Å². The highest BCUT2D eigenvalue weighted by atomic mass is 16.7. The average Bonchev–Trinajstić information content (AvgIpc) is 3.46. The number of aliphatic carboxylic acids is 1. The summed E-state index contributed by atoms with van der Waals surface area (Å²) in [6.45, 7) is 4.89. The first kappa shape index (κ1) is 80.0. The smallest absolute Gasteiger partial charge is 0.361 e. The Morgan fingerprint density at radius 2 is 0.651 bits per heavy atom. The predicted octanol–water partition coefficient (Wildman–Crippen LogP) is 21.9. The first-order chi connectivity index (χ1) is 40.6. The Bertz CT molecular complexity index is 1550. The first-order valence-electron chi connectivity index (χ1n) is 35.5. The molecule has 0 fully saturated rings. The molecule has 0 aliphatic heterocycles. The van der Waals surface area contributed by atoms with Gasteiger partial charge in [0.05, 0.1) is 34.4 Å². The molecule has 0 aromatic rings. The van der Waals surface area contributed by atoms with Gasteiger partial charge in [-0.15, -0.1) is 0 Å². The second kappa shape index (κ2) is 65.0. The van der Waals surface area contributed by atoms with Crippen LogP contribution in [0.2, 0.25) is 0 Å². The number of carboxylic acids is 1. The van der Waals surface area contributed by atoms with Gasteiger partial charge in [0.2, 0.25) is 0 Å². The number of hydrogen-bond donors (Lipinski definition) is 1. The maximum atomic E-state index is 12.9. The maximum Gasteiger partial charge on any atom is 0.361 e. The number of hydrogen-bond acceptors (Lipinski definition) is 7. The van der Waals surface area contributed by atoms with E-state index in [1.54, 1.807) is 0 Å². The van der Waals surface area contributed by atoms with Crippen LogP contribution in [-0.2, 0) is 33.3 Å². The lowest BCUT2D eigenvalue weighted by Gasteiger charge is -2.25. The van der Waals surface area contributed by atoms with Crippen LogP contribution in [0.1, 0.15) is 335 Å². The fourth-order valence-corrected chi connectivity index (χ4v) is 10.3. The second-order valence-corrected chi connectivity index (χ2v) is 25.2. The second-order valence-electron chi connectivity index (χ2n) is 25.2. The lowest BCUT2D eigenvalue weighted by atomic mass is 10.0. The summed E-state index contributed by atoms with van der Waals surface area (Å²) in [6, 6.07) is 0. The molecule has 0 bridgehead atoms. The molecule has 0 aromatic heterocycles. The van der Waals surface area contributed by atoms with Crippen molar-refractivity contribution < 1.29 is 42.9 Å². The van der Waals surface area contributed by atoms with Crippen molar-refractivity contribution in [3.05, 3.63) is 60.8 Å². The summed E-state index contributed by atoms with van der Waals surface area (Å²) >= 11 is 0. The van der Waals surface area contributed by atoms with Crippen molar-refractivity contribution in [1.29, 1.82) is 0 Å². The summed E-state index contributed by atoms with van der Waals surface area (Å²) in [5.74, 6) is -1.99. The molecule has 0 aliphatic carbocycles. The highest BCUT2D eigenvalue weighted by molar-refractivity contribution is 5.71. The van der Waals surface area contributed by atoms with Gasteiger partial charge in [0.15, 0.2) is 6.10 Å². The summed E-state index contributed by atoms with van der Waals surface area (Å²) in [5.41, 5.74) is 0. The average molecular weight is 1170 g/mol. The third-order valence-corrected chi connectivity index (χ3v) is 15.7. The minimum absolute atomic E-state index is 0.182. The van der Waals surface area contributed by atoms with Gasteiger partial charge in [0.1, 0.15) is 13.2 Å². The van der Waals surface area contributed by atoms with Crippen LogP contribution in [0.3, 0.4) is 0 Å². The number of carboxylic acid groups (broad SMARTS) is 1. The van der Waals surface area contributed by atoms with E-state index < -0.39 is 18.4 Å². The van der Waals surface area contributed by atoms with Crippen molar-refractivity contribution >= 4 is 17.9 Å². The minimum atomic E-state index is -1.51. The zero-order chi connectivity index (χ0) is 60.5. The van der Waals surface area contributed by atoms with Crippen molar-refractivity contribution in [1.82, 2.24) is 0 Å². The normalized spacial score (nSPS) is 13.0. The fourth-order valence-electron chi connectivity index (χ4n) is 10.3. The van der Waals surface area contributed by atoms with Crippen molar-refractivity contribution in [2.45, 2.75) is 347 Å². The standard InChI is InChI=1S/C74H135NO8/c1-6-8-10-12-14-16-18-20-22-24-26-28-29-30-31-32-33-34-35-36-37-38-39-40-41-42-43-45-47-49-51-53-55-57-59-61-63-65-72(77)83-70(69-82-74(73(78)79)80-67-66-75(3,4)5)68-81-71(76)64-62-60-58-56-54-52-50-48-46-44-27-25-23-21-19-17-15-13-11-9-7-2/h18-21,24-27,29-30,70,74H,6-17,22-23,28,31-69H2,1-5H3/p+1/b20-18-,21-19-,26-24-,27-25-,30-29-. The monoisotopic (exact) mass is 1170 g/mol. The molecule has 0 heterocycles. The van der Waals surface area contributed by atoms with Crippen LogP contribution in [0.4, 0.5) is 0 Å². The summed E-state index contributed by atoms with van der Waals surface area (Å²) in [5, 5.41) is 9.74. The molecule has 0 saturated heterocycles. The number of esters is 2. The molecule has 1 N–H and O–H groups in total. The summed E-state index contributed by atoms with van der Waals surface area (Å²) in [6.07, 6.45) is 82.0. The van der Waals surface area contributed by atoms with E-state index in [4.69, 9.17) is 18.9 Å². The summed E-state index contributed by atoms with van der Waals surface area (Å²) in [7, 11) is 5.98. The van der Waals surface area contributed by atoms with Gasteiger partial charge in [-0.2, -0.15) is 0 Å². The van der Waals surface area contributed by atoms with E-state index in [0.29, 0.717) is 17.4 Å². The number of unbranched alkanes of at least 4 members (excludes halogenated alkanes) is 41. The molecule has 0 amide bonds. The maximum absolute atomic E-state index is 12.9. The Labute approximate surface area is 514 Å². The zero-order valence-electron chi connectivity index (χ0n) is 55.4. The quantitative estimate of drug-likeness (QED) is 0.0211. The Hall–Kier alpha value is -3.01. The SMILES string of the molecule is CCCCCCC/C=C\C/C=C\C/C=C\CCCCCCCCCCCCCCCCCCCCCCCCC(=O)OC(COC(=O)CCCCCCCCCCC/C=C\C/C=C\CCCCCCC)COC(OCC[N+](C)(C)C)C(=O)O. The highest BCUT2D eigenvalue weighted by Crippen LogP contribution is 2.18. The molecule has 484 valence electrons. The minimum Gasteiger partial charge on any atom is -0.477 e. The van der Waals surface area contributed by atoms with E-state index in [-0.39, 0.29) is 38.2 Å². The highest BCUT2D eigenvalue weighted by Gasteiger charge is 2.25. The number of quaternary nitrogens is 1. The lowest BCUT2D eigenvalue weighted by Crippen LogP contribution is -2.40. The van der Waals surface area contributed by atoms with Crippen LogP contribution in [-0.4, -0.2) is 87.4 Å². The van der Waals surface area contributed by atoms with Gasteiger partial charge in [-0.05, 0) is 83.5 Å². The molecule has 0 saturated carbocycles. The predicted molar refractivity (Wildman–Crippen MR) is 355 cm³/mol. The molecule has 0 aromatic carbocycles. The summed E-state index contributed by atoms with van der Waals surface area (Å²) < 4.78 is 23.0. The number of carbonyl (C=O) groups is 3. The van der Waals surface area contributed by atoms with Crippen LogP contribution in [0.25, 0.3) is 0 Å².